The van der Waals surface area contributed by atoms with Crippen molar-refractivity contribution in [2.24, 2.45) is 0 Å². The first-order valence-electron chi connectivity index (χ1n) is 7.82. The Morgan fingerprint density at radius 3 is 2.50 bits per heavy atom. The van der Waals surface area contributed by atoms with E-state index >= 15 is 0 Å². The molecule has 3 rings (SSSR count). The van der Waals surface area contributed by atoms with Gasteiger partial charge in [0.1, 0.15) is 5.75 Å². The Kier molecular flexibility index (Phi) is 4.30. The van der Waals surface area contributed by atoms with Gasteiger partial charge in [-0.1, -0.05) is 30.3 Å². The quantitative estimate of drug-likeness (QED) is 0.624. The van der Waals surface area contributed by atoms with E-state index in [9.17, 15) is 0 Å². The van der Waals surface area contributed by atoms with Gasteiger partial charge in [-0.25, -0.2) is 0 Å². The molecule has 0 atom stereocenters. The number of rotatable bonds is 5. The van der Waals surface area contributed by atoms with Crippen LogP contribution in [0.25, 0.3) is 21.5 Å². The van der Waals surface area contributed by atoms with Gasteiger partial charge < -0.3 is 9.47 Å². The first kappa shape index (κ1) is 14.9. The number of hydrogen-bond donors (Lipinski definition) is 0. The zero-order valence-corrected chi connectivity index (χ0v) is 13.5. The minimum absolute atomic E-state index is 0.682. The molecule has 2 nitrogen and oxygen atoms in total. The number of ether oxygens (including phenoxy) is 2. The molecule has 0 aliphatic heterocycles. The first-order valence-corrected chi connectivity index (χ1v) is 7.82. The predicted molar refractivity (Wildman–Crippen MR) is 92.9 cm³/mol. The lowest BCUT2D eigenvalue weighted by molar-refractivity contribution is 0.202. The number of methoxy groups -OCH3 is 1. The molecule has 0 fully saturated rings. The van der Waals surface area contributed by atoms with Crippen LogP contribution in [0.15, 0.2) is 42.5 Å². The van der Waals surface area contributed by atoms with Crippen molar-refractivity contribution in [3.05, 3.63) is 53.6 Å². The second kappa shape index (κ2) is 6.37. The molecule has 2 heteroatoms. The maximum absolute atomic E-state index is 5.82. The summed E-state index contributed by atoms with van der Waals surface area (Å²) in [6.07, 6.45) is 0.922. The Balaban J connectivity index is 2.35. The van der Waals surface area contributed by atoms with Gasteiger partial charge in [0.25, 0.3) is 0 Å². The van der Waals surface area contributed by atoms with E-state index in [0.29, 0.717) is 6.61 Å². The number of fused-ring (bicyclic) bond motifs is 3. The zero-order chi connectivity index (χ0) is 15.5. The van der Waals surface area contributed by atoms with Crippen LogP contribution in [0, 0.1) is 6.92 Å². The van der Waals surface area contributed by atoms with Gasteiger partial charge in [0.2, 0.25) is 0 Å². The maximum atomic E-state index is 5.82. The van der Waals surface area contributed by atoms with E-state index in [4.69, 9.17) is 9.47 Å². The molecule has 0 saturated carbocycles. The summed E-state index contributed by atoms with van der Waals surface area (Å²) in [7, 11) is 1.75. The highest BCUT2D eigenvalue weighted by molar-refractivity contribution is 6.12. The second-order valence-corrected chi connectivity index (χ2v) is 5.56. The molecule has 114 valence electrons. The van der Waals surface area contributed by atoms with Crippen molar-refractivity contribution >= 4 is 21.5 Å². The van der Waals surface area contributed by atoms with Gasteiger partial charge in [-0.3, -0.25) is 0 Å². The lowest BCUT2D eigenvalue weighted by Crippen LogP contribution is -1.98. The number of aryl methyl sites for hydroxylation is 1. The summed E-state index contributed by atoms with van der Waals surface area (Å²) in [4.78, 5) is 0. The fourth-order valence-corrected chi connectivity index (χ4v) is 3.15. The fourth-order valence-electron chi connectivity index (χ4n) is 3.15. The Labute approximate surface area is 131 Å². The third-order valence-electron chi connectivity index (χ3n) is 4.15. The Morgan fingerprint density at radius 1 is 0.955 bits per heavy atom. The smallest absolute Gasteiger partial charge is 0.127 e. The molecule has 0 aliphatic rings. The number of hydrogen-bond acceptors (Lipinski definition) is 2. The maximum Gasteiger partial charge on any atom is 0.127 e. The monoisotopic (exact) mass is 294 g/mol. The van der Waals surface area contributed by atoms with Crippen molar-refractivity contribution in [1.82, 2.24) is 0 Å². The van der Waals surface area contributed by atoms with E-state index in [-0.39, 0.29) is 0 Å². The molecule has 0 N–H and O–H groups in total. The molecule has 3 aromatic carbocycles. The van der Waals surface area contributed by atoms with Crippen LogP contribution in [-0.2, 0) is 11.2 Å². The van der Waals surface area contributed by atoms with E-state index in [1.165, 1.54) is 32.7 Å². The highest BCUT2D eigenvalue weighted by Gasteiger charge is 2.11. The summed E-state index contributed by atoms with van der Waals surface area (Å²) in [5.74, 6) is 0.964. The van der Waals surface area contributed by atoms with Gasteiger partial charge in [-0.15, -0.1) is 0 Å². The molecule has 0 bridgehead atoms. The van der Waals surface area contributed by atoms with E-state index in [1.54, 1.807) is 7.11 Å². The average molecular weight is 294 g/mol. The second-order valence-electron chi connectivity index (χ2n) is 5.56. The molecule has 0 unspecified atom stereocenters. The lowest BCUT2D eigenvalue weighted by atomic mass is 9.93. The highest BCUT2D eigenvalue weighted by atomic mass is 16.5. The fraction of sp³-hybridized carbons (Fsp3) is 0.300. The summed E-state index contributed by atoms with van der Waals surface area (Å²) in [6, 6.07) is 15.1. The standard InChI is InChI=1S/C20H22O2/c1-4-22-19-10-6-9-17-18(19)13-14(2)16-8-5-7-15(20(16)17)11-12-21-3/h5-10,13H,4,11-12H2,1-3H3. The molecule has 0 radical (unpaired) electrons. The molecular weight excluding hydrogens is 272 g/mol. The average Bonchev–Trinajstić information content (AvgIpc) is 2.54. The van der Waals surface area contributed by atoms with Crippen molar-refractivity contribution in [2.75, 3.05) is 20.3 Å². The molecule has 0 amide bonds. The van der Waals surface area contributed by atoms with Gasteiger partial charge in [0.05, 0.1) is 13.2 Å². The van der Waals surface area contributed by atoms with Crippen LogP contribution >= 0.6 is 0 Å². The SMILES string of the molecule is CCOc1cccc2c1cc(C)c1cccc(CCOC)c12. The van der Waals surface area contributed by atoms with E-state index in [1.807, 2.05) is 6.92 Å². The van der Waals surface area contributed by atoms with Crippen molar-refractivity contribution in [3.63, 3.8) is 0 Å². The van der Waals surface area contributed by atoms with Crippen molar-refractivity contribution in [3.8, 4) is 5.75 Å². The molecule has 22 heavy (non-hydrogen) atoms. The summed E-state index contributed by atoms with van der Waals surface area (Å²) in [5.41, 5.74) is 2.62. The summed E-state index contributed by atoms with van der Waals surface area (Å²) < 4.78 is 11.1. The van der Waals surface area contributed by atoms with Crippen LogP contribution in [0.2, 0.25) is 0 Å². The molecule has 0 saturated heterocycles. The molecule has 0 aromatic heterocycles. The zero-order valence-electron chi connectivity index (χ0n) is 13.5. The van der Waals surface area contributed by atoms with Crippen LogP contribution in [0.1, 0.15) is 18.1 Å². The minimum Gasteiger partial charge on any atom is -0.493 e. The highest BCUT2D eigenvalue weighted by Crippen LogP contribution is 2.35. The van der Waals surface area contributed by atoms with Crippen molar-refractivity contribution in [2.45, 2.75) is 20.3 Å². The molecule has 0 spiro atoms. The molecule has 0 aliphatic carbocycles. The van der Waals surface area contributed by atoms with Crippen LogP contribution in [0.5, 0.6) is 5.75 Å². The normalized spacial score (nSPS) is 11.2. The Morgan fingerprint density at radius 2 is 1.73 bits per heavy atom. The largest absolute Gasteiger partial charge is 0.493 e. The summed E-state index contributed by atoms with van der Waals surface area (Å²) in [5, 5.41) is 5.10. The van der Waals surface area contributed by atoms with Gasteiger partial charge in [0, 0.05) is 12.5 Å². The first-order chi connectivity index (χ1) is 10.8. The third kappa shape index (κ3) is 2.55. The Hall–Kier alpha value is -2.06. The third-order valence-corrected chi connectivity index (χ3v) is 4.15. The van der Waals surface area contributed by atoms with E-state index < -0.39 is 0 Å². The molecular formula is C20H22O2. The van der Waals surface area contributed by atoms with Crippen LogP contribution < -0.4 is 4.74 Å². The summed E-state index contributed by atoms with van der Waals surface area (Å²) >= 11 is 0. The van der Waals surface area contributed by atoms with Crippen LogP contribution in [0.4, 0.5) is 0 Å². The molecule has 0 heterocycles. The predicted octanol–water partition coefficient (Wildman–Crippen LogP) is 4.89. The van der Waals surface area contributed by atoms with Crippen LogP contribution in [0.3, 0.4) is 0 Å². The lowest BCUT2D eigenvalue weighted by Gasteiger charge is -2.14. The van der Waals surface area contributed by atoms with Crippen molar-refractivity contribution in [1.29, 1.82) is 0 Å². The van der Waals surface area contributed by atoms with Crippen molar-refractivity contribution < 1.29 is 9.47 Å². The summed E-state index contributed by atoms with van der Waals surface area (Å²) in [6.45, 7) is 5.61. The van der Waals surface area contributed by atoms with Gasteiger partial charge in [0.15, 0.2) is 0 Å². The van der Waals surface area contributed by atoms with Crippen LogP contribution in [-0.4, -0.2) is 20.3 Å². The topological polar surface area (TPSA) is 18.5 Å². The Bertz CT molecular complexity index is 806. The number of benzene rings is 3. The van der Waals surface area contributed by atoms with E-state index in [0.717, 1.165) is 18.8 Å². The molecule has 3 aromatic rings. The van der Waals surface area contributed by atoms with E-state index in [2.05, 4.69) is 49.4 Å². The van der Waals surface area contributed by atoms with Gasteiger partial charge in [-0.05, 0) is 59.7 Å². The van der Waals surface area contributed by atoms with Gasteiger partial charge >= 0.3 is 0 Å². The minimum atomic E-state index is 0.682. The van der Waals surface area contributed by atoms with Gasteiger partial charge in [-0.2, -0.15) is 0 Å².